The molecule has 0 unspecified atom stereocenters. The van der Waals surface area contributed by atoms with Gasteiger partial charge in [-0.2, -0.15) is 4.57 Å². The van der Waals surface area contributed by atoms with Crippen LogP contribution in [0.5, 0.6) is 5.88 Å². The van der Waals surface area contributed by atoms with Crippen molar-refractivity contribution in [3.05, 3.63) is 65.4 Å². The highest BCUT2D eigenvalue weighted by Gasteiger charge is 2.26. The maximum absolute atomic E-state index is 12.4. The number of ether oxygens (including phenoxy) is 1. The SMILES string of the molecule is CCOC(=O)n1c(O)c2n(c1=Nc1ccc(CCNc3nc4ccccc4s3)cc1)CCC2. The van der Waals surface area contributed by atoms with Crippen molar-refractivity contribution in [2.24, 2.45) is 4.99 Å². The Hall–Kier alpha value is -3.59. The van der Waals surface area contributed by atoms with Crippen molar-refractivity contribution in [3.63, 3.8) is 0 Å². The number of nitrogens with one attached hydrogen (secondary N) is 1. The molecule has 2 N–H and O–H groups in total. The Bertz CT molecular complexity index is 1330. The van der Waals surface area contributed by atoms with Crippen LogP contribution in [-0.2, 0) is 24.1 Å². The molecule has 0 fully saturated rings. The second-order valence-corrected chi connectivity index (χ2v) is 8.83. The van der Waals surface area contributed by atoms with Crippen LogP contribution in [0.3, 0.4) is 0 Å². The normalized spacial score (nSPS) is 13.4. The lowest BCUT2D eigenvalue weighted by Gasteiger charge is -2.05. The number of rotatable bonds is 6. The van der Waals surface area contributed by atoms with Gasteiger partial charge in [-0.1, -0.05) is 35.6 Å². The van der Waals surface area contributed by atoms with Gasteiger partial charge in [-0.15, -0.1) is 0 Å². The molecule has 8 nitrogen and oxygen atoms in total. The van der Waals surface area contributed by atoms with Crippen molar-refractivity contribution >= 4 is 38.5 Å². The minimum absolute atomic E-state index is 0.0813. The fraction of sp³-hybridized carbons (Fsp3) is 0.292. The molecule has 2 aromatic carbocycles. The summed E-state index contributed by atoms with van der Waals surface area (Å²) in [5.41, 5.74) is 4.01. The fourth-order valence-electron chi connectivity index (χ4n) is 4.05. The zero-order valence-corrected chi connectivity index (χ0v) is 19.1. The van der Waals surface area contributed by atoms with Gasteiger partial charge in [-0.3, -0.25) is 0 Å². The summed E-state index contributed by atoms with van der Waals surface area (Å²) in [4.78, 5) is 21.7. The average Bonchev–Trinajstić information content (AvgIpc) is 3.51. The van der Waals surface area contributed by atoms with E-state index in [-0.39, 0.29) is 12.5 Å². The molecule has 2 aromatic heterocycles. The number of hydrogen-bond donors (Lipinski definition) is 2. The smallest absolute Gasteiger partial charge is 0.423 e. The van der Waals surface area contributed by atoms with Crippen molar-refractivity contribution in [2.75, 3.05) is 18.5 Å². The minimum Gasteiger partial charge on any atom is -0.493 e. The first-order valence-corrected chi connectivity index (χ1v) is 11.9. The minimum atomic E-state index is -0.617. The number of hydrogen-bond acceptors (Lipinski definition) is 7. The maximum atomic E-state index is 12.4. The molecule has 5 rings (SSSR count). The average molecular weight is 464 g/mol. The topological polar surface area (TPSA) is 93.7 Å². The van der Waals surface area contributed by atoms with Crippen LogP contribution >= 0.6 is 11.3 Å². The molecular formula is C24H25N5O3S. The summed E-state index contributed by atoms with van der Waals surface area (Å²) in [5, 5.41) is 14.9. The lowest BCUT2D eigenvalue weighted by Crippen LogP contribution is -2.30. The predicted octanol–water partition coefficient (Wildman–Crippen LogP) is 4.44. The summed E-state index contributed by atoms with van der Waals surface area (Å²) in [6.07, 6.45) is 1.85. The molecule has 0 radical (unpaired) electrons. The predicted molar refractivity (Wildman–Crippen MR) is 128 cm³/mol. The Balaban J connectivity index is 1.31. The van der Waals surface area contributed by atoms with Crippen LogP contribution in [0.2, 0.25) is 0 Å². The van der Waals surface area contributed by atoms with Gasteiger partial charge in [-0.05, 0) is 56.0 Å². The van der Waals surface area contributed by atoms with E-state index >= 15 is 0 Å². The highest BCUT2D eigenvalue weighted by molar-refractivity contribution is 7.22. The second kappa shape index (κ2) is 9.11. The molecule has 1 aliphatic heterocycles. The van der Waals surface area contributed by atoms with Crippen LogP contribution in [0.25, 0.3) is 10.2 Å². The summed E-state index contributed by atoms with van der Waals surface area (Å²) >= 11 is 1.65. The lowest BCUT2D eigenvalue weighted by molar-refractivity contribution is 0.149. The highest BCUT2D eigenvalue weighted by atomic mass is 32.1. The standard InChI is InChI=1S/C24H25N5O3S/c1-2-32-24(31)29-21(30)19-7-5-15-28(19)23(29)26-17-11-9-16(10-12-17)13-14-25-22-27-18-6-3-4-8-20(18)33-22/h3-4,6,8-12,30H,2,5,7,13-15H2,1H3,(H,25,27). The Morgan fingerprint density at radius 3 is 2.85 bits per heavy atom. The van der Waals surface area contributed by atoms with Crippen molar-refractivity contribution < 1.29 is 14.6 Å². The first kappa shape index (κ1) is 21.3. The Morgan fingerprint density at radius 1 is 1.24 bits per heavy atom. The van der Waals surface area contributed by atoms with Crippen LogP contribution in [0, 0.1) is 0 Å². The van der Waals surface area contributed by atoms with Crippen LogP contribution in [0.1, 0.15) is 24.6 Å². The van der Waals surface area contributed by atoms with E-state index < -0.39 is 6.09 Å². The largest absolute Gasteiger partial charge is 0.493 e. The van der Waals surface area contributed by atoms with Gasteiger partial charge in [-0.25, -0.2) is 14.8 Å². The number of imidazole rings is 1. The molecule has 4 aromatic rings. The molecule has 0 saturated heterocycles. The summed E-state index contributed by atoms with van der Waals surface area (Å²) < 4.78 is 9.35. The monoisotopic (exact) mass is 463 g/mol. The number of para-hydroxylation sites is 1. The molecule has 0 bridgehead atoms. The van der Waals surface area contributed by atoms with Gasteiger partial charge in [0.05, 0.1) is 28.2 Å². The molecule has 9 heteroatoms. The second-order valence-electron chi connectivity index (χ2n) is 7.80. The van der Waals surface area contributed by atoms with Gasteiger partial charge in [0.2, 0.25) is 11.5 Å². The quantitative estimate of drug-likeness (QED) is 0.441. The van der Waals surface area contributed by atoms with Gasteiger partial charge in [0, 0.05) is 13.1 Å². The summed E-state index contributed by atoms with van der Waals surface area (Å²) in [7, 11) is 0. The number of anilines is 1. The summed E-state index contributed by atoms with van der Waals surface area (Å²) in [6, 6.07) is 16.0. The summed E-state index contributed by atoms with van der Waals surface area (Å²) in [6.45, 7) is 3.45. The molecule has 0 atom stereocenters. The Morgan fingerprint density at radius 2 is 2.06 bits per heavy atom. The van der Waals surface area contributed by atoms with E-state index in [1.54, 1.807) is 18.3 Å². The molecular weight excluding hydrogens is 438 g/mol. The van der Waals surface area contributed by atoms with Crippen molar-refractivity contribution in [1.82, 2.24) is 14.1 Å². The van der Waals surface area contributed by atoms with Crippen molar-refractivity contribution in [1.29, 1.82) is 0 Å². The van der Waals surface area contributed by atoms with Gasteiger partial charge < -0.3 is 19.7 Å². The van der Waals surface area contributed by atoms with Crippen LogP contribution in [0.4, 0.5) is 15.6 Å². The molecule has 1 aliphatic rings. The number of nitrogens with zero attached hydrogens (tertiary/aromatic N) is 4. The van der Waals surface area contributed by atoms with Gasteiger partial charge in [0.25, 0.3) is 0 Å². The van der Waals surface area contributed by atoms with E-state index in [0.29, 0.717) is 24.3 Å². The molecule has 0 amide bonds. The van der Waals surface area contributed by atoms with Gasteiger partial charge >= 0.3 is 6.09 Å². The molecule has 33 heavy (non-hydrogen) atoms. The lowest BCUT2D eigenvalue weighted by atomic mass is 10.1. The molecule has 3 heterocycles. The van der Waals surface area contributed by atoms with E-state index in [1.165, 1.54) is 10.3 Å². The summed E-state index contributed by atoms with van der Waals surface area (Å²) in [5.74, 6) is -0.0813. The zero-order valence-electron chi connectivity index (χ0n) is 18.3. The molecule has 0 saturated carbocycles. The van der Waals surface area contributed by atoms with Crippen molar-refractivity contribution in [3.8, 4) is 5.88 Å². The van der Waals surface area contributed by atoms with E-state index in [2.05, 4.69) is 21.4 Å². The first-order chi connectivity index (χ1) is 16.1. The third-order valence-corrected chi connectivity index (χ3v) is 6.63. The Labute approximate surface area is 194 Å². The number of thiazole rings is 1. The molecule has 0 aliphatic carbocycles. The number of aromatic nitrogens is 3. The third kappa shape index (κ3) is 4.23. The van der Waals surface area contributed by atoms with E-state index in [4.69, 9.17) is 4.74 Å². The number of fused-ring (bicyclic) bond motifs is 2. The van der Waals surface area contributed by atoms with Crippen LogP contribution < -0.4 is 10.9 Å². The van der Waals surface area contributed by atoms with E-state index in [0.717, 1.165) is 40.3 Å². The van der Waals surface area contributed by atoms with Gasteiger partial charge in [0.15, 0.2) is 5.13 Å². The van der Waals surface area contributed by atoms with Crippen LogP contribution in [0.15, 0.2) is 53.5 Å². The van der Waals surface area contributed by atoms with Gasteiger partial charge in [0.1, 0.15) is 0 Å². The molecule has 170 valence electrons. The zero-order chi connectivity index (χ0) is 22.8. The van der Waals surface area contributed by atoms with Crippen molar-refractivity contribution in [2.45, 2.75) is 32.7 Å². The first-order valence-electron chi connectivity index (χ1n) is 11.1. The number of carbonyl (C=O) groups is 1. The highest BCUT2D eigenvalue weighted by Crippen LogP contribution is 2.26. The third-order valence-electron chi connectivity index (χ3n) is 5.63. The molecule has 0 spiro atoms. The van der Waals surface area contributed by atoms with E-state index in [1.807, 2.05) is 47.0 Å². The number of carbonyl (C=O) groups excluding carboxylic acids is 1. The number of benzene rings is 2. The fourth-order valence-corrected chi connectivity index (χ4v) is 4.94. The van der Waals surface area contributed by atoms with Crippen LogP contribution in [-0.4, -0.2) is 38.5 Å². The van der Waals surface area contributed by atoms with E-state index in [9.17, 15) is 9.90 Å². The maximum Gasteiger partial charge on any atom is 0.423 e. The Kier molecular flexibility index (Phi) is 5.87. The number of aromatic hydroxyl groups is 1.